The van der Waals surface area contributed by atoms with E-state index in [2.05, 4.69) is 0 Å². The summed E-state index contributed by atoms with van der Waals surface area (Å²) in [4.78, 5) is 0. The van der Waals surface area contributed by atoms with Crippen LogP contribution in [0, 0.1) is 0 Å². The van der Waals surface area contributed by atoms with Gasteiger partial charge in [0, 0.05) is 0 Å². The van der Waals surface area contributed by atoms with Gasteiger partial charge in [0.2, 0.25) is 0 Å². The van der Waals surface area contributed by atoms with Crippen molar-refractivity contribution in [1.82, 2.24) is 0 Å². The van der Waals surface area contributed by atoms with E-state index < -0.39 is 11.5 Å². The van der Waals surface area contributed by atoms with Gasteiger partial charge in [-0.3, -0.25) is 0 Å². The van der Waals surface area contributed by atoms with Crippen molar-refractivity contribution in [2.24, 2.45) is 0 Å². The molecule has 2 aromatic rings. The van der Waals surface area contributed by atoms with Gasteiger partial charge in [-0.25, -0.2) is 0 Å². The third kappa shape index (κ3) is 5.58. The van der Waals surface area contributed by atoms with E-state index in [4.69, 9.17) is 0 Å². The van der Waals surface area contributed by atoms with Crippen LogP contribution in [0.25, 0.3) is 12.2 Å². The summed E-state index contributed by atoms with van der Waals surface area (Å²) < 4.78 is 0. The third-order valence-corrected chi connectivity index (χ3v) is 2.26. The number of hydrogen-bond acceptors (Lipinski definition) is 2. The molecule has 0 aliphatic heterocycles. The van der Waals surface area contributed by atoms with E-state index in [9.17, 15) is 10.2 Å². The Hall–Kier alpha value is 1.05. The molecule has 0 N–H and O–H groups in total. The number of hydrogen-bond donors (Lipinski definition) is 0. The van der Waals surface area contributed by atoms with Gasteiger partial charge in [-0.15, -0.1) is 11.5 Å². The summed E-state index contributed by atoms with van der Waals surface area (Å²) >= 11 is 0. The Bertz CT molecular complexity index is 510. The van der Waals surface area contributed by atoms with Crippen molar-refractivity contribution in [1.29, 1.82) is 0 Å². The first-order valence-electron chi connectivity index (χ1n) is 4.97. The van der Waals surface area contributed by atoms with Crippen molar-refractivity contribution >= 4 is 12.2 Å². The van der Waals surface area contributed by atoms with Gasteiger partial charge in [-0.05, 0) is 11.1 Å². The first kappa shape index (κ1) is 19.1. The normalized spacial score (nSPS) is 9.56. The molecule has 0 aromatic heterocycles. The monoisotopic (exact) mass is 288 g/mol. The molecule has 0 fully saturated rings. The van der Waals surface area contributed by atoms with Crippen molar-refractivity contribution in [3.05, 3.63) is 59.7 Å². The van der Waals surface area contributed by atoms with Crippen LogP contribution in [0.2, 0.25) is 0 Å². The van der Waals surface area contributed by atoms with Crippen LogP contribution in [0.15, 0.2) is 48.5 Å². The molecule has 18 heavy (non-hydrogen) atoms. The SMILES string of the molecule is [K+].[K+].[O-]c1cccc(C=Cc2ccccc2)c1[O-]. The Morgan fingerprint density at radius 1 is 0.722 bits per heavy atom. The first-order chi connectivity index (χ1) is 7.77. The van der Waals surface area contributed by atoms with Gasteiger partial charge in [-0.2, -0.15) is 0 Å². The molecule has 0 aliphatic rings. The van der Waals surface area contributed by atoms with Gasteiger partial charge >= 0.3 is 103 Å². The van der Waals surface area contributed by atoms with Gasteiger partial charge in [0.25, 0.3) is 0 Å². The molecule has 0 radical (unpaired) electrons. The molecular formula is C14H10K2O2. The molecule has 0 saturated carbocycles. The van der Waals surface area contributed by atoms with Gasteiger partial charge in [0.05, 0.1) is 0 Å². The summed E-state index contributed by atoms with van der Waals surface area (Å²) in [5.41, 5.74) is 1.43. The molecule has 0 unspecified atom stereocenters. The molecule has 0 saturated heterocycles. The Balaban J connectivity index is 0.00000144. The second-order valence-corrected chi connectivity index (χ2v) is 3.42. The first-order valence-corrected chi connectivity index (χ1v) is 4.97. The van der Waals surface area contributed by atoms with Gasteiger partial charge in [0.15, 0.2) is 0 Å². The van der Waals surface area contributed by atoms with Gasteiger partial charge in [-0.1, -0.05) is 60.7 Å². The zero-order valence-electron chi connectivity index (χ0n) is 10.6. The van der Waals surface area contributed by atoms with E-state index in [0.29, 0.717) is 5.56 Å². The molecule has 80 valence electrons. The predicted octanol–water partition coefficient (Wildman–Crippen LogP) is -3.99. The van der Waals surface area contributed by atoms with E-state index in [0.717, 1.165) is 5.56 Å². The number of benzene rings is 2. The van der Waals surface area contributed by atoms with Crippen molar-refractivity contribution in [3.63, 3.8) is 0 Å². The van der Waals surface area contributed by atoms with Crippen LogP contribution < -0.4 is 113 Å². The van der Waals surface area contributed by atoms with Gasteiger partial charge < -0.3 is 10.2 Å². The molecule has 0 amide bonds. The quantitative estimate of drug-likeness (QED) is 0.418. The summed E-state index contributed by atoms with van der Waals surface area (Å²) in [6.45, 7) is 0. The van der Waals surface area contributed by atoms with E-state index in [-0.39, 0.29) is 103 Å². The molecule has 0 heterocycles. The Morgan fingerprint density at radius 2 is 1.39 bits per heavy atom. The zero-order chi connectivity index (χ0) is 11.4. The van der Waals surface area contributed by atoms with Crippen LogP contribution in [0.4, 0.5) is 0 Å². The summed E-state index contributed by atoms with van der Waals surface area (Å²) in [5.74, 6) is -0.912. The maximum absolute atomic E-state index is 11.4. The maximum atomic E-state index is 11.4. The van der Waals surface area contributed by atoms with E-state index >= 15 is 0 Å². The molecule has 0 aliphatic carbocycles. The molecular weight excluding hydrogens is 278 g/mol. The van der Waals surface area contributed by atoms with Crippen molar-refractivity contribution in [2.45, 2.75) is 0 Å². The third-order valence-electron chi connectivity index (χ3n) is 2.26. The topological polar surface area (TPSA) is 46.1 Å². The molecule has 4 heteroatoms. The van der Waals surface area contributed by atoms with Crippen LogP contribution >= 0.6 is 0 Å². The maximum Gasteiger partial charge on any atom is 1.00 e. The molecule has 2 nitrogen and oxygen atoms in total. The predicted molar refractivity (Wildman–Crippen MR) is 60.7 cm³/mol. The minimum atomic E-state index is -0.463. The van der Waals surface area contributed by atoms with Crippen LogP contribution in [-0.2, 0) is 0 Å². The van der Waals surface area contributed by atoms with E-state index in [1.807, 2.05) is 36.4 Å². The van der Waals surface area contributed by atoms with E-state index in [1.165, 1.54) is 6.07 Å². The average molecular weight is 288 g/mol. The zero-order valence-corrected chi connectivity index (χ0v) is 16.8. The number of rotatable bonds is 2. The van der Waals surface area contributed by atoms with Crippen molar-refractivity contribution in [2.75, 3.05) is 0 Å². The van der Waals surface area contributed by atoms with Crippen LogP contribution in [-0.4, -0.2) is 0 Å². The van der Waals surface area contributed by atoms with Gasteiger partial charge in [0.1, 0.15) is 0 Å². The summed E-state index contributed by atoms with van der Waals surface area (Å²) in [6, 6.07) is 14.1. The van der Waals surface area contributed by atoms with Crippen molar-refractivity contribution in [3.8, 4) is 11.5 Å². The minimum absolute atomic E-state index is 0. The second kappa shape index (κ2) is 9.88. The number of para-hydroxylation sites is 1. The van der Waals surface area contributed by atoms with Crippen LogP contribution in [0.1, 0.15) is 11.1 Å². The molecule has 0 spiro atoms. The Labute approximate surface area is 192 Å². The van der Waals surface area contributed by atoms with Crippen LogP contribution in [0.5, 0.6) is 11.5 Å². The Kier molecular flexibility index (Phi) is 10.5. The summed E-state index contributed by atoms with van der Waals surface area (Å²) in [7, 11) is 0. The molecule has 2 aromatic carbocycles. The molecule has 2 rings (SSSR count). The van der Waals surface area contributed by atoms with E-state index in [1.54, 1.807) is 18.2 Å². The fraction of sp³-hybridized carbons (Fsp3) is 0. The molecule has 0 atom stereocenters. The summed E-state index contributed by atoms with van der Waals surface area (Å²) in [6.07, 6.45) is 3.48. The van der Waals surface area contributed by atoms with Crippen LogP contribution in [0.3, 0.4) is 0 Å². The minimum Gasteiger partial charge on any atom is -0.873 e. The standard InChI is InChI=1S/C14H12O2.2K/c15-13-8-4-7-12(14(13)16)10-9-11-5-2-1-3-6-11;;/h1-10,15-16H;;/q;2*+1/p-2. The summed E-state index contributed by atoms with van der Waals surface area (Å²) in [5, 5.41) is 22.5. The largest absolute Gasteiger partial charge is 1.00 e. The second-order valence-electron chi connectivity index (χ2n) is 3.42. The fourth-order valence-corrected chi connectivity index (χ4v) is 1.41. The van der Waals surface area contributed by atoms with Crippen molar-refractivity contribution < 1.29 is 113 Å². The fourth-order valence-electron chi connectivity index (χ4n) is 1.41. The Morgan fingerprint density at radius 3 is 2.06 bits per heavy atom. The average Bonchev–Trinajstić information content (AvgIpc) is 2.32. The smallest absolute Gasteiger partial charge is 0.873 e. The molecule has 0 bridgehead atoms.